The molecule has 0 aliphatic carbocycles. The highest BCUT2D eigenvalue weighted by atomic mass is 16.5. The number of esters is 1. The number of ketones is 1. The molecule has 0 spiro atoms. The number of nitrogens with one attached hydrogen (secondary N) is 1. The van der Waals surface area contributed by atoms with E-state index in [1.165, 1.54) is 6.92 Å². The van der Waals surface area contributed by atoms with Crippen LogP contribution in [0.25, 0.3) is 0 Å². The third kappa shape index (κ3) is 7.22. The average molecular weight is 425 g/mol. The molecule has 0 saturated carbocycles. The molecular weight excluding hydrogens is 398 g/mol. The lowest BCUT2D eigenvalue weighted by atomic mass is 10.0. The van der Waals surface area contributed by atoms with E-state index in [1.807, 2.05) is 30.3 Å². The molecule has 0 bridgehead atoms. The van der Waals surface area contributed by atoms with Crippen molar-refractivity contribution in [2.75, 3.05) is 19.8 Å². The highest BCUT2D eigenvalue weighted by Crippen LogP contribution is 2.17. The predicted octanol–water partition coefficient (Wildman–Crippen LogP) is 2.72. The number of Topliss-reactive ketones (excluding diaryl/α,β-unsaturated/α-hetero) is 1. The van der Waals surface area contributed by atoms with Crippen molar-refractivity contribution in [2.45, 2.75) is 38.3 Å². The van der Waals surface area contributed by atoms with E-state index < -0.39 is 24.5 Å². The first-order chi connectivity index (χ1) is 15.0. The molecule has 164 valence electrons. The monoisotopic (exact) mass is 425 g/mol. The van der Waals surface area contributed by atoms with Gasteiger partial charge in [-0.1, -0.05) is 30.3 Å². The zero-order chi connectivity index (χ0) is 22.1. The second-order valence-corrected chi connectivity index (χ2v) is 7.47. The van der Waals surface area contributed by atoms with E-state index in [1.54, 1.807) is 24.3 Å². The molecule has 0 radical (unpaired) electrons. The van der Waals surface area contributed by atoms with Crippen LogP contribution < -0.4 is 10.1 Å². The topological polar surface area (TPSA) is 90.9 Å². The van der Waals surface area contributed by atoms with Gasteiger partial charge in [-0.25, -0.2) is 4.79 Å². The molecule has 2 aromatic rings. The number of rotatable bonds is 10. The molecular formula is C24H27NO6. The van der Waals surface area contributed by atoms with Crippen LogP contribution >= 0.6 is 0 Å². The molecule has 0 unspecified atom stereocenters. The minimum absolute atomic E-state index is 0.115. The zero-order valence-electron chi connectivity index (χ0n) is 17.5. The van der Waals surface area contributed by atoms with Gasteiger partial charge in [0.1, 0.15) is 12.4 Å². The van der Waals surface area contributed by atoms with Gasteiger partial charge in [-0.05, 0) is 56.0 Å². The molecule has 1 aliphatic heterocycles. The van der Waals surface area contributed by atoms with Crippen molar-refractivity contribution in [3.8, 4) is 5.75 Å². The third-order valence-electron chi connectivity index (χ3n) is 4.99. The van der Waals surface area contributed by atoms with E-state index in [-0.39, 0.29) is 11.9 Å². The lowest BCUT2D eigenvalue weighted by molar-refractivity contribution is -0.128. The van der Waals surface area contributed by atoms with Crippen molar-refractivity contribution in [3.63, 3.8) is 0 Å². The van der Waals surface area contributed by atoms with Crippen molar-refractivity contribution < 1.29 is 28.6 Å². The molecule has 0 aromatic heterocycles. The van der Waals surface area contributed by atoms with Crippen molar-refractivity contribution in [2.24, 2.45) is 0 Å². The molecule has 7 nitrogen and oxygen atoms in total. The van der Waals surface area contributed by atoms with Crippen molar-refractivity contribution >= 4 is 17.7 Å². The van der Waals surface area contributed by atoms with Gasteiger partial charge in [-0.15, -0.1) is 0 Å². The summed E-state index contributed by atoms with van der Waals surface area (Å²) in [6.45, 7) is 2.20. The van der Waals surface area contributed by atoms with Crippen LogP contribution in [0, 0.1) is 0 Å². The van der Waals surface area contributed by atoms with Crippen LogP contribution in [-0.2, 0) is 25.5 Å². The van der Waals surface area contributed by atoms with Crippen molar-refractivity contribution in [3.05, 3.63) is 65.7 Å². The Kier molecular flexibility index (Phi) is 8.18. The molecule has 1 amide bonds. The molecule has 7 heteroatoms. The summed E-state index contributed by atoms with van der Waals surface area (Å²) < 4.78 is 16.3. The minimum Gasteiger partial charge on any atom is -0.491 e. The van der Waals surface area contributed by atoms with Gasteiger partial charge in [0.2, 0.25) is 0 Å². The molecule has 31 heavy (non-hydrogen) atoms. The van der Waals surface area contributed by atoms with Gasteiger partial charge >= 0.3 is 5.97 Å². The standard InChI is InChI=1S/C24H27NO6/c1-17(26)22(14-18-6-3-2-4-7-18)25-23(27)16-31-24(28)19-9-11-20(12-10-19)30-15-21-8-5-13-29-21/h2-4,6-7,9-12,21-22H,5,8,13-16H2,1H3,(H,25,27)/t21-,22+/m0/s1. The molecule has 1 saturated heterocycles. The Hall–Kier alpha value is -3.19. The summed E-state index contributed by atoms with van der Waals surface area (Å²) in [5, 5.41) is 2.63. The fourth-order valence-corrected chi connectivity index (χ4v) is 3.25. The van der Waals surface area contributed by atoms with E-state index in [0.717, 1.165) is 25.0 Å². The second-order valence-electron chi connectivity index (χ2n) is 7.47. The van der Waals surface area contributed by atoms with E-state index in [9.17, 15) is 14.4 Å². The zero-order valence-corrected chi connectivity index (χ0v) is 17.5. The summed E-state index contributed by atoms with van der Waals surface area (Å²) >= 11 is 0. The molecule has 1 aliphatic rings. The number of carbonyl (C=O) groups excluding carboxylic acids is 3. The quantitative estimate of drug-likeness (QED) is 0.589. The second kappa shape index (κ2) is 11.3. The Morgan fingerprint density at radius 3 is 2.48 bits per heavy atom. The SMILES string of the molecule is CC(=O)[C@@H](Cc1ccccc1)NC(=O)COC(=O)c1ccc(OC[C@@H]2CCCO2)cc1. The predicted molar refractivity (Wildman–Crippen MR) is 114 cm³/mol. The van der Waals surface area contributed by atoms with E-state index >= 15 is 0 Å². The van der Waals surface area contributed by atoms with Gasteiger partial charge in [-0.2, -0.15) is 0 Å². The van der Waals surface area contributed by atoms with Crippen LogP contribution in [0.15, 0.2) is 54.6 Å². The van der Waals surface area contributed by atoms with Crippen LogP contribution in [0.2, 0.25) is 0 Å². The van der Waals surface area contributed by atoms with Gasteiger partial charge in [0, 0.05) is 6.61 Å². The average Bonchev–Trinajstić information content (AvgIpc) is 3.30. The molecule has 1 heterocycles. The van der Waals surface area contributed by atoms with Crippen LogP contribution in [-0.4, -0.2) is 49.6 Å². The molecule has 1 N–H and O–H groups in total. The van der Waals surface area contributed by atoms with Crippen molar-refractivity contribution in [1.29, 1.82) is 0 Å². The fraction of sp³-hybridized carbons (Fsp3) is 0.375. The minimum atomic E-state index is -0.672. The normalized spacial score (nSPS) is 16.4. The van der Waals surface area contributed by atoms with Crippen LogP contribution in [0.5, 0.6) is 5.75 Å². The van der Waals surface area contributed by atoms with Gasteiger partial charge in [0.25, 0.3) is 5.91 Å². The van der Waals surface area contributed by atoms with Crippen LogP contribution in [0.1, 0.15) is 35.7 Å². The lowest BCUT2D eigenvalue weighted by Crippen LogP contribution is -2.43. The number of carbonyl (C=O) groups is 3. The molecule has 2 aromatic carbocycles. The number of hydrogen-bond donors (Lipinski definition) is 1. The summed E-state index contributed by atoms with van der Waals surface area (Å²) in [4.78, 5) is 36.3. The van der Waals surface area contributed by atoms with Crippen molar-refractivity contribution in [1.82, 2.24) is 5.32 Å². The summed E-state index contributed by atoms with van der Waals surface area (Å²) in [5.74, 6) is -0.679. The maximum atomic E-state index is 12.2. The highest BCUT2D eigenvalue weighted by Gasteiger charge is 2.19. The van der Waals surface area contributed by atoms with Gasteiger partial charge < -0.3 is 19.5 Å². The molecule has 3 rings (SSSR count). The Morgan fingerprint density at radius 1 is 1.10 bits per heavy atom. The van der Waals surface area contributed by atoms with Gasteiger partial charge in [-0.3, -0.25) is 9.59 Å². The van der Waals surface area contributed by atoms with E-state index in [2.05, 4.69) is 5.32 Å². The number of ether oxygens (including phenoxy) is 3. The van der Waals surface area contributed by atoms with Crippen LogP contribution in [0.3, 0.4) is 0 Å². The fourth-order valence-electron chi connectivity index (χ4n) is 3.25. The van der Waals surface area contributed by atoms with Gasteiger partial charge in [0.05, 0.1) is 17.7 Å². The van der Waals surface area contributed by atoms with E-state index in [4.69, 9.17) is 14.2 Å². The maximum Gasteiger partial charge on any atom is 0.338 e. The Bertz CT molecular complexity index is 875. The number of benzene rings is 2. The highest BCUT2D eigenvalue weighted by molar-refractivity contribution is 5.92. The summed E-state index contributed by atoms with van der Waals surface area (Å²) in [5.41, 5.74) is 1.24. The first-order valence-corrected chi connectivity index (χ1v) is 10.4. The molecule has 2 atom stereocenters. The lowest BCUT2D eigenvalue weighted by Gasteiger charge is -2.16. The largest absolute Gasteiger partial charge is 0.491 e. The molecule has 1 fully saturated rings. The van der Waals surface area contributed by atoms with E-state index in [0.29, 0.717) is 24.3 Å². The summed E-state index contributed by atoms with van der Waals surface area (Å²) in [7, 11) is 0. The maximum absolute atomic E-state index is 12.2. The Labute approximate surface area is 181 Å². The van der Waals surface area contributed by atoms with Crippen LogP contribution in [0.4, 0.5) is 0 Å². The summed E-state index contributed by atoms with van der Waals surface area (Å²) in [6, 6.07) is 15.2. The first-order valence-electron chi connectivity index (χ1n) is 10.4. The Morgan fingerprint density at radius 2 is 1.84 bits per heavy atom. The third-order valence-corrected chi connectivity index (χ3v) is 4.99. The number of hydrogen-bond acceptors (Lipinski definition) is 6. The van der Waals surface area contributed by atoms with Gasteiger partial charge in [0.15, 0.2) is 12.4 Å². The summed E-state index contributed by atoms with van der Waals surface area (Å²) in [6.07, 6.45) is 2.53. The first kappa shape index (κ1) is 22.5. The number of amides is 1. The Balaban J connectivity index is 1.44. The smallest absolute Gasteiger partial charge is 0.338 e.